The molecule has 19 heavy (non-hydrogen) atoms. The van der Waals surface area contributed by atoms with Gasteiger partial charge in [-0.25, -0.2) is 4.98 Å². The van der Waals surface area contributed by atoms with Crippen molar-refractivity contribution in [1.29, 1.82) is 0 Å². The quantitative estimate of drug-likeness (QED) is 0.868. The highest BCUT2D eigenvalue weighted by Crippen LogP contribution is 2.20. The number of fused-ring (bicyclic) bond motifs is 1. The van der Waals surface area contributed by atoms with Crippen molar-refractivity contribution in [3.05, 3.63) is 29.7 Å². The fourth-order valence-electron chi connectivity index (χ4n) is 2.48. The summed E-state index contributed by atoms with van der Waals surface area (Å²) in [6.07, 6.45) is 6.52. The van der Waals surface area contributed by atoms with E-state index in [9.17, 15) is 0 Å². The van der Waals surface area contributed by atoms with Crippen molar-refractivity contribution in [2.24, 2.45) is 5.73 Å². The van der Waals surface area contributed by atoms with Gasteiger partial charge in [0.05, 0.1) is 11.4 Å². The van der Waals surface area contributed by atoms with Crippen LogP contribution in [0.1, 0.15) is 37.9 Å². The lowest BCUT2D eigenvalue weighted by molar-refractivity contribution is 0.742. The molecule has 2 heterocycles. The Morgan fingerprint density at radius 2 is 1.89 bits per heavy atom. The molecule has 0 aliphatic carbocycles. The number of aromatic nitrogens is 2. The van der Waals surface area contributed by atoms with Gasteiger partial charge in [-0.1, -0.05) is 13.8 Å². The second-order valence-corrected chi connectivity index (χ2v) is 5.04. The van der Waals surface area contributed by atoms with E-state index in [1.54, 1.807) is 0 Å². The Hall–Kier alpha value is -1.55. The molecule has 0 unspecified atom stereocenters. The zero-order chi connectivity index (χ0) is 13.8. The number of hydrogen-bond donors (Lipinski definition) is 1. The van der Waals surface area contributed by atoms with Crippen LogP contribution in [0.4, 0.5) is 5.69 Å². The molecule has 0 atom stereocenters. The zero-order valence-corrected chi connectivity index (χ0v) is 12.2. The summed E-state index contributed by atoms with van der Waals surface area (Å²) in [5, 5.41) is 0. The molecule has 0 radical (unpaired) electrons. The van der Waals surface area contributed by atoms with Gasteiger partial charge in [0.15, 0.2) is 0 Å². The number of nitrogens with two attached hydrogens (primary N) is 1. The topological polar surface area (TPSA) is 46.6 Å². The Labute approximate surface area is 115 Å². The number of pyridine rings is 1. The predicted molar refractivity (Wildman–Crippen MR) is 80.6 cm³/mol. The van der Waals surface area contributed by atoms with Crippen molar-refractivity contribution in [2.75, 3.05) is 18.0 Å². The standard InChI is InChI=1S/C15H24N4/c1-4-6-18(7-5-2)14-8-12(3)15-17-13(9-16)10-19(15)11-14/h8,10-11H,4-7,9,16H2,1-3H3. The number of aryl methyl sites for hydroxylation is 1. The number of imidazole rings is 1. The molecule has 0 saturated heterocycles. The van der Waals surface area contributed by atoms with Crippen molar-refractivity contribution in [3.63, 3.8) is 0 Å². The first-order chi connectivity index (χ1) is 9.19. The zero-order valence-electron chi connectivity index (χ0n) is 12.2. The van der Waals surface area contributed by atoms with Crippen LogP contribution in [-0.4, -0.2) is 22.5 Å². The number of anilines is 1. The van der Waals surface area contributed by atoms with Crippen molar-refractivity contribution in [1.82, 2.24) is 9.38 Å². The van der Waals surface area contributed by atoms with Gasteiger partial charge < -0.3 is 15.0 Å². The van der Waals surface area contributed by atoms with Gasteiger partial charge in [0, 0.05) is 32.0 Å². The molecule has 0 aromatic carbocycles. The van der Waals surface area contributed by atoms with Crippen LogP contribution in [0.2, 0.25) is 0 Å². The van der Waals surface area contributed by atoms with Crippen LogP contribution in [0.3, 0.4) is 0 Å². The summed E-state index contributed by atoms with van der Waals surface area (Å²) in [5.41, 5.74) is 10.1. The molecule has 0 bridgehead atoms. The lowest BCUT2D eigenvalue weighted by Gasteiger charge is -2.24. The molecule has 2 aromatic rings. The Morgan fingerprint density at radius 1 is 1.21 bits per heavy atom. The van der Waals surface area contributed by atoms with E-state index in [0.717, 1.165) is 37.3 Å². The summed E-state index contributed by atoms with van der Waals surface area (Å²) in [6, 6.07) is 2.23. The lowest BCUT2D eigenvalue weighted by atomic mass is 10.2. The third-order valence-electron chi connectivity index (χ3n) is 3.33. The minimum atomic E-state index is 0.490. The summed E-state index contributed by atoms with van der Waals surface area (Å²) in [4.78, 5) is 6.98. The highest BCUT2D eigenvalue weighted by molar-refractivity contribution is 5.58. The van der Waals surface area contributed by atoms with E-state index in [0.29, 0.717) is 6.54 Å². The summed E-state index contributed by atoms with van der Waals surface area (Å²) in [5.74, 6) is 0. The van der Waals surface area contributed by atoms with Gasteiger partial charge in [-0.2, -0.15) is 0 Å². The van der Waals surface area contributed by atoms with Gasteiger partial charge >= 0.3 is 0 Å². The van der Waals surface area contributed by atoms with E-state index in [1.807, 2.05) is 6.20 Å². The molecule has 0 spiro atoms. The number of hydrogen-bond acceptors (Lipinski definition) is 3. The van der Waals surface area contributed by atoms with E-state index >= 15 is 0 Å². The van der Waals surface area contributed by atoms with Crippen LogP contribution < -0.4 is 10.6 Å². The monoisotopic (exact) mass is 260 g/mol. The van der Waals surface area contributed by atoms with Gasteiger partial charge in [-0.15, -0.1) is 0 Å². The molecule has 0 saturated carbocycles. The smallest absolute Gasteiger partial charge is 0.140 e. The minimum Gasteiger partial charge on any atom is -0.370 e. The number of rotatable bonds is 6. The van der Waals surface area contributed by atoms with Crippen LogP contribution >= 0.6 is 0 Å². The molecule has 0 aliphatic rings. The molecule has 104 valence electrons. The Kier molecular flexibility index (Phi) is 4.43. The molecule has 0 fully saturated rings. The first-order valence-electron chi connectivity index (χ1n) is 7.12. The van der Waals surface area contributed by atoms with Gasteiger partial charge in [-0.05, 0) is 31.4 Å². The van der Waals surface area contributed by atoms with E-state index in [2.05, 4.69) is 47.3 Å². The maximum atomic E-state index is 5.67. The first kappa shape index (κ1) is 13.9. The highest BCUT2D eigenvalue weighted by Gasteiger charge is 2.09. The van der Waals surface area contributed by atoms with E-state index in [1.165, 1.54) is 11.3 Å². The van der Waals surface area contributed by atoms with Crippen molar-refractivity contribution >= 4 is 11.3 Å². The fraction of sp³-hybridized carbons (Fsp3) is 0.533. The second kappa shape index (κ2) is 6.06. The summed E-state index contributed by atoms with van der Waals surface area (Å²) in [7, 11) is 0. The van der Waals surface area contributed by atoms with Crippen molar-refractivity contribution < 1.29 is 0 Å². The lowest BCUT2D eigenvalue weighted by Crippen LogP contribution is -2.25. The molecule has 2 N–H and O–H groups in total. The largest absolute Gasteiger partial charge is 0.370 e. The molecular formula is C15H24N4. The SMILES string of the molecule is CCCN(CCC)c1cc(C)c2nc(CN)cn2c1. The van der Waals surface area contributed by atoms with Crippen LogP contribution in [0.15, 0.2) is 18.5 Å². The van der Waals surface area contributed by atoms with Gasteiger partial charge in [0.25, 0.3) is 0 Å². The maximum absolute atomic E-state index is 5.67. The van der Waals surface area contributed by atoms with E-state index in [4.69, 9.17) is 5.73 Å². The molecule has 2 aromatic heterocycles. The minimum absolute atomic E-state index is 0.490. The third kappa shape index (κ3) is 2.89. The Balaban J connectivity index is 2.42. The van der Waals surface area contributed by atoms with Gasteiger partial charge in [0.1, 0.15) is 5.65 Å². The molecule has 0 amide bonds. The first-order valence-corrected chi connectivity index (χ1v) is 7.12. The van der Waals surface area contributed by atoms with E-state index < -0.39 is 0 Å². The van der Waals surface area contributed by atoms with Gasteiger partial charge in [0.2, 0.25) is 0 Å². The maximum Gasteiger partial charge on any atom is 0.140 e. The van der Waals surface area contributed by atoms with Crippen molar-refractivity contribution in [3.8, 4) is 0 Å². The predicted octanol–water partition coefficient (Wildman–Crippen LogP) is 2.73. The number of nitrogens with zero attached hydrogens (tertiary/aromatic N) is 3. The average molecular weight is 260 g/mol. The van der Waals surface area contributed by atoms with Crippen LogP contribution in [0.5, 0.6) is 0 Å². The Bertz CT molecular complexity index is 538. The highest BCUT2D eigenvalue weighted by atomic mass is 15.1. The van der Waals surface area contributed by atoms with Crippen LogP contribution in [0, 0.1) is 6.92 Å². The molecule has 0 aliphatic heterocycles. The second-order valence-electron chi connectivity index (χ2n) is 5.04. The molecule has 4 nitrogen and oxygen atoms in total. The third-order valence-corrected chi connectivity index (χ3v) is 3.33. The van der Waals surface area contributed by atoms with Crippen molar-refractivity contribution in [2.45, 2.75) is 40.2 Å². The van der Waals surface area contributed by atoms with Crippen LogP contribution in [0.25, 0.3) is 5.65 Å². The molecule has 2 rings (SSSR count). The average Bonchev–Trinajstić information content (AvgIpc) is 2.82. The Morgan fingerprint density at radius 3 is 2.47 bits per heavy atom. The summed E-state index contributed by atoms with van der Waals surface area (Å²) < 4.78 is 2.10. The molecular weight excluding hydrogens is 236 g/mol. The normalized spacial score (nSPS) is 11.2. The summed E-state index contributed by atoms with van der Waals surface area (Å²) >= 11 is 0. The fourth-order valence-corrected chi connectivity index (χ4v) is 2.48. The van der Waals surface area contributed by atoms with Gasteiger partial charge in [-0.3, -0.25) is 0 Å². The van der Waals surface area contributed by atoms with Crippen LogP contribution in [-0.2, 0) is 6.54 Å². The van der Waals surface area contributed by atoms with E-state index in [-0.39, 0.29) is 0 Å². The summed E-state index contributed by atoms with van der Waals surface area (Å²) in [6.45, 7) is 9.23. The molecule has 4 heteroatoms.